The fourth-order valence-electron chi connectivity index (χ4n) is 0.958. The number of aryl methyl sites for hydroxylation is 1. The van der Waals surface area contributed by atoms with Gasteiger partial charge in [-0.2, -0.15) is 0 Å². The SMILES string of the molecule is C=CCCc1occc1C(=O)O. The maximum Gasteiger partial charge on any atom is 0.339 e. The van der Waals surface area contributed by atoms with Crippen LogP contribution < -0.4 is 0 Å². The van der Waals surface area contributed by atoms with Crippen molar-refractivity contribution in [1.29, 1.82) is 0 Å². The highest BCUT2D eigenvalue weighted by Gasteiger charge is 2.11. The van der Waals surface area contributed by atoms with E-state index in [4.69, 9.17) is 9.52 Å². The average Bonchev–Trinajstić information content (AvgIpc) is 2.48. The molecule has 0 bridgehead atoms. The molecule has 0 unspecified atom stereocenters. The van der Waals surface area contributed by atoms with Crippen molar-refractivity contribution in [2.24, 2.45) is 0 Å². The smallest absolute Gasteiger partial charge is 0.339 e. The molecule has 0 radical (unpaired) electrons. The van der Waals surface area contributed by atoms with E-state index in [0.29, 0.717) is 12.2 Å². The predicted octanol–water partition coefficient (Wildman–Crippen LogP) is 2.10. The van der Waals surface area contributed by atoms with Gasteiger partial charge in [0.1, 0.15) is 11.3 Å². The molecule has 0 aromatic carbocycles. The minimum atomic E-state index is -0.942. The Bertz CT molecular complexity index is 286. The molecule has 0 saturated heterocycles. The zero-order chi connectivity index (χ0) is 8.97. The Labute approximate surface area is 70.3 Å². The van der Waals surface area contributed by atoms with Crippen LogP contribution in [-0.2, 0) is 6.42 Å². The number of carbonyl (C=O) groups is 1. The second-order valence-corrected chi connectivity index (χ2v) is 2.39. The molecule has 0 saturated carbocycles. The van der Waals surface area contributed by atoms with Gasteiger partial charge in [0.05, 0.1) is 6.26 Å². The van der Waals surface area contributed by atoms with Crippen molar-refractivity contribution >= 4 is 5.97 Å². The van der Waals surface area contributed by atoms with Gasteiger partial charge in [-0.05, 0) is 12.5 Å². The summed E-state index contributed by atoms with van der Waals surface area (Å²) >= 11 is 0. The molecule has 12 heavy (non-hydrogen) atoms. The van der Waals surface area contributed by atoms with Crippen LogP contribution in [0.5, 0.6) is 0 Å². The first kappa shape index (κ1) is 8.59. The van der Waals surface area contributed by atoms with Gasteiger partial charge in [0.25, 0.3) is 0 Å². The lowest BCUT2D eigenvalue weighted by atomic mass is 10.2. The number of aromatic carboxylic acids is 1. The summed E-state index contributed by atoms with van der Waals surface area (Å²) in [7, 11) is 0. The van der Waals surface area contributed by atoms with Crippen LogP contribution in [0.1, 0.15) is 22.5 Å². The fourth-order valence-corrected chi connectivity index (χ4v) is 0.958. The van der Waals surface area contributed by atoms with Gasteiger partial charge < -0.3 is 9.52 Å². The second-order valence-electron chi connectivity index (χ2n) is 2.39. The quantitative estimate of drug-likeness (QED) is 0.697. The molecule has 0 amide bonds. The zero-order valence-electron chi connectivity index (χ0n) is 6.62. The standard InChI is InChI=1S/C9H10O3/c1-2-3-4-8-7(9(10)11)5-6-12-8/h2,5-6H,1,3-4H2,(H,10,11). The third-order valence-corrected chi connectivity index (χ3v) is 1.55. The minimum Gasteiger partial charge on any atom is -0.478 e. The molecule has 1 N–H and O–H groups in total. The predicted molar refractivity (Wildman–Crippen MR) is 44.2 cm³/mol. The van der Waals surface area contributed by atoms with Crippen LogP contribution in [0, 0.1) is 0 Å². The van der Waals surface area contributed by atoms with Gasteiger partial charge in [0.2, 0.25) is 0 Å². The third kappa shape index (κ3) is 1.75. The number of carboxylic acid groups (broad SMARTS) is 1. The number of carboxylic acids is 1. The number of furan rings is 1. The molecule has 0 aliphatic heterocycles. The molecule has 1 aromatic rings. The Morgan fingerprint density at radius 3 is 3.08 bits per heavy atom. The van der Waals surface area contributed by atoms with E-state index in [1.165, 1.54) is 12.3 Å². The molecular weight excluding hydrogens is 156 g/mol. The van der Waals surface area contributed by atoms with Gasteiger partial charge in [0, 0.05) is 6.42 Å². The van der Waals surface area contributed by atoms with E-state index < -0.39 is 5.97 Å². The first-order valence-corrected chi connectivity index (χ1v) is 3.66. The monoisotopic (exact) mass is 166 g/mol. The summed E-state index contributed by atoms with van der Waals surface area (Å²) in [4.78, 5) is 10.6. The zero-order valence-corrected chi connectivity index (χ0v) is 6.62. The molecule has 1 rings (SSSR count). The van der Waals surface area contributed by atoms with Crippen LogP contribution in [0.2, 0.25) is 0 Å². The molecule has 0 atom stereocenters. The molecule has 0 fully saturated rings. The number of allylic oxidation sites excluding steroid dienone is 1. The molecule has 3 nitrogen and oxygen atoms in total. The first-order chi connectivity index (χ1) is 5.75. The van der Waals surface area contributed by atoms with Crippen molar-refractivity contribution in [3.05, 3.63) is 36.3 Å². The Kier molecular flexibility index (Phi) is 2.69. The lowest BCUT2D eigenvalue weighted by molar-refractivity contribution is 0.0694. The van der Waals surface area contributed by atoms with Crippen LogP contribution >= 0.6 is 0 Å². The summed E-state index contributed by atoms with van der Waals surface area (Å²) in [5.74, 6) is -0.426. The molecule has 0 aliphatic rings. The largest absolute Gasteiger partial charge is 0.478 e. The van der Waals surface area contributed by atoms with Crippen LogP contribution in [-0.4, -0.2) is 11.1 Å². The molecule has 0 aliphatic carbocycles. The maximum absolute atomic E-state index is 10.6. The first-order valence-electron chi connectivity index (χ1n) is 3.66. The Morgan fingerprint density at radius 2 is 2.50 bits per heavy atom. The van der Waals surface area contributed by atoms with Crippen molar-refractivity contribution in [3.8, 4) is 0 Å². The van der Waals surface area contributed by atoms with E-state index in [1.807, 2.05) is 0 Å². The van der Waals surface area contributed by atoms with Gasteiger partial charge in [-0.15, -0.1) is 6.58 Å². The maximum atomic E-state index is 10.6. The summed E-state index contributed by atoms with van der Waals surface area (Å²) in [6.45, 7) is 3.55. The summed E-state index contributed by atoms with van der Waals surface area (Å²) in [5, 5.41) is 8.67. The Balaban J connectivity index is 2.76. The van der Waals surface area contributed by atoms with Crippen LogP contribution in [0.15, 0.2) is 29.4 Å². The lowest BCUT2D eigenvalue weighted by Crippen LogP contribution is -1.98. The van der Waals surface area contributed by atoms with Gasteiger partial charge in [-0.1, -0.05) is 6.08 Å². The van der Waals surface area contributed by atoms with Crippen LogP contribution in [0.3, 0.4) is 0 Å². The Hall–Kier alpha value is -1.51. The van der Waals surface area contributed by atoms with Crippen molar-refractivity contribution in [2.75, 3.05) is 0 Å². The Morgan fingerprint density at radius 1 is 1.75 bits per heavy atom. The van der Waals surface area contributed by atoms with Gasteiger partial charge >= 0.3 is 5.97 Å². The average molecular weight is 166 g/mol. The summed E-state index contributed by atoms with van der Waals surface area (Å²) in [5.41, 5.74) is 0.247. The van der Waals surface area contributed by atoms with E-state index >= 15 is 0 Å². The molecule has 1 heterocycles. The molecule has 3 heteroatoms. The fraction of sp³-hybridized carbons (Fsp3) is 0.222. The molecule has 64 valence electrons. The van der Waals surface area contributed by atoms with Crippen molar-refractivity contribution in [3.63, 3.8) is 0 Å². The highest BCUT2D eigenvalue weighted by Crippen LogP contribution is 2.12. The van der Waals surface area contributed by atoms with E-state index in [-0.39, 0.29) is 5.56 Å². The molecule has 1 aromatic heterocycles. The summed E-state index contributed by atoms with van der Waals surface area (Å²) < 4.78 is 5.00. The van der Waals surface area contributed by atoms with E-state index in [2.05, 4.69) is 6.58 Å². The highest BCUT2D eigenvalue weighted by atomic mass is 16.4. The topological polar surface area (TPSA) is 50.4 Å². The van der Waals surface area contributed by atoms with Crippen molar-refractivity contribution in [1.82, 2.24) is 0 Å². The second kappa shape index (κ2) is 3.76. The molecule has 0 spiro atoms. The van der Waals surface area contributed by atoms with Crippen molar-refractivity contribution in [2.45, 2.75) is 12.8 Å². The van der Waals surface area contributed by atoms with E-state index in [1.54, 1.807) is 6.08 Å². The lowest BCUT2D eigenvalue weighted by Gasteiger charge is -1.94. The molecular formula is C9H10O3. The van der Waals surface area contributed by atoms with Gasteiger partial charge in [0.15, 0.2) is 0 Å². The third-order valence-electron chi connectivity index (χ3n) is 1.55. The summed E-state index contributed by atoms with van der Waals surface area (Å²) in [6.07, 6.45) is 4.45. The highest BCUT2D eigenvalue weighted by molar-refractivity contribution is 5.88. The normalized spacial score (nSPS) is 9.67. The van der Waals surface area contributed by atoms with E-state index in [9.17, 15) is 4.79 Å². The van der Waals surface area contributed by atoms with Gasteiger partial charge in [-0.25, -0.2) is 4.79 Å². The van der Waals surface area contributed by atoms with Crippen molar-refractivity contribution < 1.29 is 14.3 Å². The number of rotatable bonds is 4. The van der Waals surface area contributed by atoms with Crippen LogP contribution in [0.25, 0.3) is 0 Å². The number of hydrogen-bond donors (Lipinski definition) is 1. The van der Waals surface area contributed by atoms with Gasteiger partial charge in [-0.3, -0.25) is 0 Å². The van der Waals surface area contributed by atoms with E-state index in [0.717, 1.165) is 6.42 Å². The minimum absolute atomic E-state index is 0.247. The number of hydrogen-bond acceptors (Lipinski definition) is 2. The van der Waals surface area contributed by atoms with Crippen LogP contribution in [0.4, 0.5) is 0 Å². The summed E-state index contributed by atoms with van der Waals surface area (Å²) in [6, 6.07) is 1.46.